The van der Waals surface area contributed by atoms with Crippen LogP contribution in [0, 0.1) is 29.4 Å². The fourth-order valence-electron chi connectivity index (χ4n) is 7.90. The van der Waals surface area contributed by atoms with E-state index >= 15 is 4.39 Å². The molecule has 3 amide bonds. The second-order valence-electron chi connectivity index (χ2n) is 15.1. The first-order valence-electron chi connectivity index (χ1n) is 17.0. The third-order valence-electron chi connectivity index (χ3n) is 10.6. The van der Waals surface area contributed by atoms with Gasteiger partial charge in [-0.25, -0.2) is 8.78 Å². The van der Waals surface area contributed by atoms with E-state index in [-0.39, 0.29) is 60.2 Å². The molecule has 11 heteroatoms. The van der Waals surface area contributed by atoms with Crippen molar-refractivity contribution in [1.82, 2.24) is 19.6 Å². The fourth-order valence-corrected chi connectivity index (χ4v) is 7.90. The second kappa shape index (κ2) is 14.9. The van der Waals surface area contributed by atoms with Crippen molar-refractivity contribution in [2.75, 3.05) is 45.9 Å². The number of hydrogen-bond acceptors (Lipinski definition) is 5. The van der Waals surface area contributed by atoms with Crippen LogP contribution in [-0.2, 0) is 19.1 Å². The van der Waals surface area contributed by atoms with Gasteiger partial charge in [0.2, 0.25) is 17.7 Å². The number of carbonyl (C=O) groups excluding carboxylic acids is 3. The van der Waals surface area contributed by atoms with Gasteiger partial charge in [-0.3, -0.25) is 19.3 Å². The smallest absolute Gasteiger partial charge is 0.245 e. The third kappa shape index (κ3) is 7.70. The maximum Gasteiger partial charge on any atom is 0.245 e. The highest BCUT2D eigenvalue weighted by molar-refractivity contribution is 5.90. The monoisotopic (exact) mass is 666 g/mol. The molecule has 0 N–H and O–H groups in total. The molecule has 1 aromatic rings. The molecular weight excluding hydrogens is 614 g/mol. The Labute approximate surface area is 279 Å². The second-order valence-corrected chi connectivity index (χ2v) is 15.1. The van der Waals surface area contributed by atoms with Gasteiger partial charge < -0.3 is 19.4 Å². The molecule has 3 heterocycles. The Bertz CT molecular complexity index is 1250. The zero-order chi connectivity index (χ0) is 32.6. The van der Waals surface area contributed by atoms with Gasteiger partial charge >= 0.3 is 0 Å². The Kier molecular flexibility index (Phi) is 11.8. The van der Waals surface area contributed by atoms with Crippen molar-refractivity contribution in [1.29, 1.82) is 0 Å². The van der Waals surface area contributed by atoms with Crippen LogP contribution in [0.3, 0.4) is 0 Å². The van der Waals surface area contributed by atoms with Crippen LogP contribution < -0.4 is 0 Å². The molecule has 3 saturated heterocycles. The molecule has 5 rings (SSSR count). The summed E-state index contributed by atoms with van der Waals surface area (Å²) in [5.41, 5.74) is 0.0418. The summed E-state index contributed by atoms with van der Waals surface area (Å²) in [4.78, 5) is 50.4. The van der Waals surface area contributed by atoms with Crippen LogP contribution in [0.25, 0.3) is 0 Å². The standard InChI is InChI=1S/C35H52F2N4O4.ClH/c1-22(2)32(42)41(25-10-7-23(3)8-11-25)26-18-31(34(44)38-13-15-45-16-14-38)40(19-26)33(43)29-21-39(35(4,5)6)20-28(29)27-12-9-24(36)17-30(27)37;/h9,12,17,22-23,25-26,28-29,31H,7-8,10-11,13-16,18-21H2,1-6H3;1H/t23?,25?,26-,28-,29+,31-;/m0./s1. The molecule has 0 unspecified atom stereocenters. The molecule has 0 radical (unpaired) electrons. The Morgan fingerprint density at radius 3 is 2.17 bits per heavy atom. The van der Waals surface area contributed by atoms with E-state index in [0.717, 1.165) is 31.7 Å². The fraction of sp³-hybridized carbons (Fsp3) is 0.743. The van der Waals surface area contributed by atoms with Crippen molar-refractivity contribution in [3.63, 3.8) is 0 Å². The van der Waals surface area contributed by atoms with Crippen LogP contribution in [0.15, 0.2) is 18.2 Å². The number of hydrogen-bond donors (Lipinski definition) is 0. The summed E-state index contributed by atoms with van der Waals surface area (Å²) in [6.07, 6.45) is 4.32. The summed E-state index contributed by atoms with van der Waals surface area (Å²) < 4.78 is 34.7. The van der Waals surface area contributed by atoms with E-state index in [0.29, 0.717) is 57.3 Å². The predicted octanol–water partition coefficient (Wildman–Crippen LogP) is 5.09. The lowest BCUT2D eigenvalue weighted by molar-refractivity contribution is -0.148. The zero-order valence-electron chi connectivity index (χ0n) is 28.3. The molecule has 4 fully saturated rings. The van der Waals surface area contributed by atoms with Crippen LogP contribution in [0.4, 0.5) is 8.78 Å². The SMILES string of the molecule is CC1CCC(N(C(=O)C(C)C)[C@H]2C[C@@H](C(=O)N3CCOCC3)N(C(=O)[C@@H]3CN(C(C)(C)C)C[C@H]3c3ccc(F)cc3F)C2)CC1.Cl. The molecule has 1 aromatic carbocycles. The van der Waals surface area contributed by atoms with Crippen LogP contribution in [0.1, 0.15) is 85.1 Å². The number of amides is 3. The quantitative estimate of drug-likeness (QED) is 0.423. The zero-order valence-corrected chi connectivity index (χ0v) is 29.2. The predicted molar refractivity (Wildman–Crippen MR) is 176 cm³/mol. The van der Waals surface area contributed by atoms with Crippen molar-refractivity contribution in [3.8, 4) is 0 Å². The van der Waals surface area contributed by atoms with Crippen LogP contribution >= 0.6 is 12.4 Å². The van der Waals surface area contributed by atoms with Crippen LogP contribution in [-0.4, -0.2) is 107 Å². The lowest BCUT2D eigenvalue weighted by Crippen LogP contribution is -2.53. The summed E-state index contributed by atoms with van der Waals surface area (Å²) in [5.74, 6) is -2.26. The topological polar surface area (TPSA) is 73.4 Å². The summed E-state index contributed by atoms with van der Waals surface area (Å²) in [5, 5.41) is 0. The number of ether oxygens (including phenoxy) is 1. The lowest BCUT2D eigenvalue weighted by Gasteiger charge is -2.41. The van der Waals surface area contributed by atoms with E-state index in [1.54, 1.807) is 9.80 Å². The largest absolute Gasteiger partial charge is 0.378 e. The molecule has 4 aliphatic rings. The first-order valence-corrected chi connectivity index (χ1v) is 17.0. The normalized spacial score (nSPS) is 29.2. The highest BCUT2D eigenvalue weighted by atomic mass is 35.5. The van der Waals surface area contributed by atoms with Crippen molar-refractivity contribution in [2.24, 2.45) is 17.8 Å². The van der Waals surface area contributed by atoms with E-state index in [1.807, 2.05) is 18.7 Å². The van der Waals surface area contributed by atoms with Crippen LogP contribution in [0.2, 0.25) is 0 Å². The van der Waals surface area contributed by atoms with Crippen molar-refractivity contribution in [3.05, 3.63) is 35.4 Å². The molecule has 4 atom stereocenters. The van der Waals surface area contributed by atoms with Gasteiger partial charge in [-0.2, -0.15) is 0 Å². The maximum atomic E-state index is 15.3. The summed E-state index contributed by atoms with van der Waals surface area (Å²) in [6, 6.07) is 2.67. The Morgan fingerprint density at radius 2 is 1.59 bits per heavy atom. The minimum atomic E-state index is -0.715. The molecule has 0 aromatic heterocycles. The summed E-state index contributed by atoms with van der Waals surface area (Å²) >= 11 is 0. The summed E-state index contributed by atoms with van der Waals surface area (Å²) in [6.45, 7) is 15.2. The Morgan fingerprint density at radius 1 is 0.935 bits per heavy atom. The van der Waals surface area contributed by atoms with Gasteiger partial charge in [0.25, 0.3) is 0 Å². The average molecular weight is 667 g/mol. The van der Waals surface area contributed by atoms with Gasteiger partial charge in [-0.1, -0.05) is 26.8 Å². The number of nitrogens with zero attached hydrogens (tertiary/aromatic N) is 4. The van der Waals surface area contributed by atoms with Gasteiger partial charge in [-0.05, 0) is 70.4 Å². The van der Waals surface area contributed by atoms with E-state index in [1.165, 1.54) is 12.1 Å². The molecule has 0 spiro atoms. The summed E-state index contributed by atoms with van der Waals surface area (Å²) in [7, 11) is 0. The molecule has 8 nitrogen and oxygen atoms in total. The van der Waals surface area contributed by atoms with Gasteiger partial charge in [0.05, 0.1) is 25.2 Å². The first kappa shape index (κ1) is 36.5. The van der Waals surface area contributed by atoms with Gasteiger partial charge in [-0.15, -0.1) is 12.4 Å². The molecule has 0 bridgehead atoms. The number of halogens is 3. The molecule has 1 saturated carbocycles. The Hall–Kier alpha value is -2.30. The molecule has 3 aliphatic heterocycles. The number of likely N-dealkylation sites (tertiary alicyclic amines) is 2. The molecule has 1 aliphatic carbocycles. The van der Waals surface area contributed by atoms with Crippen molar-refractivity contribution in [2.45, 2.75) is 103 Å². The minimum Gasteiger partial charge on any atom is -0.378 e. The van der Waals surface area contributed by atoms with E-state index in [9.17, 15) is 18.8 Å². The van der Waals surface area contributed by atoms with Crippen LogP contribution in [0.5, 0.6) is 0 Å². The maximum absolute atomic E-state index is 15.3. The Balaban J connectivity index is 0.00000480. The number of morpholine rings is 1. The highest BCUT2D eigenvalue weighted by Gasteiger charge is 2.51. The first-order chi connectivity index (χ1) is 21.3. The number of benzene rings is 1. The van der Waals surface area contributed by atoms with Crippen molar-refractivity contribution >= 4 is 30.1 Å². The van der Waals surface area contributed by atoms with Gasteiger partial charge in [0.1, 0.15) is 17.7 Å². The van der Waals surface area contributed by atoms with Crippen molar-refractivity contribution < 1.29 is 27.9 Å². The van der Waals surface area contributed by atoms with E-state index in [2.05, 4.69) is 32.6 Å². The van der Waals surface area contributed by atoms with E-state index in [4.69, 9.17) is 4.74 Å². The number of rotatable bonds is 6. The minimum absolute atomic E-state index is 0. The number of carbonyl (C=O) groups is 3. The molecular formula is C35H53ClF2N4O4. The lowest BCUT2D eigenvalue weighted by atomic mass is 9.85. The van der Waals surface area contributed by atoms with Gasteiger partial charge in [0, 0.05) is 62.2 Å². The molecule has 258 valence electrons. The van der Waals surface area contributed by atoms with E-state index < -0.39 is 29.5 Å². The average Bonchev–Trinajstić information content (AvgIpc) is 3.64. The third-order valence-corrected chi connectivity index (χ3v) is 10.6. The highest BCUT2D eigenvalue weighted by Crippen LogP contribution is 2.41. The van der Waals surface area contributed by atoms with Gasteiger partial charge in [0.15, 0.2) is 0 Å². The molecule has 46 heavy (non-hydrogen) atoms.